The largest absolute Gasteiger partial charge is 0.478 e. The third-order valence-electron chi connectivity index (χ3n) is 3.40. The smallest absolute Gasteiger partial charge is 0.336 e. The van der Waals surface area contributed by atoms with Crippen LogP contribution >= 0.6 is 11.3 Å². The van der Waals surface area contributed by atoms with Crippen LogP contribution in [-0.4, -0.2) is 48.1 Å². The molecule has 1 aromatic rings. The van der Waals surface area contributed by atoms with Crippen molar-refractivity contribution in [2.24, 2.45) is 0 Å². The van der Waals surface area contributed by atoms with Crippen molar-refractivity contribution in [3.8, 4) is 0 Å². The Hall–Kier alpha value is -0.960. The third-order valence-corrected chi connectivity index (χ3v) is 6.77. The van der Waals surface area contributed by atoms with Crippen LogP contribution in [0.3, 0.4) is 0 Å². The molecule has 0 aliphatic heterocycles. The van der Waals surface area contributed by atoms with Gasteiger partial charge in [-0.25, -0.2) is 13.2 Å². The second-order valence-corrected chi connectivity index (χ2v) is 7.77. The van der Waals surface area contributed by atoms with Gasteiger partial charge in [0.15, 0.2) is 0 Å². The van der Waals surface area contributed by atoms with Gasteiger partial charge in [0.2, 0.25) is 0 Å². The number of hydrogen-bond acceptors (Lipinski definition) is 5. The van der Waals surface area contributed by atoms with Gasteiger partial charge in [-0.15, -0.1) is 11.3 Å². The van der Waals surface area contributed by atoms with Crippen molar-refractivity contribution in [3.05, 3.63) is 17.0 Å². The summed E-state index contributed by atoms with van der Waals surface area (Å²) in [7, 11) is -3.67. The van der Waals surface area contributed by atoms with E-state index in [1.807, 2.05) is 0 Å². The SMILES string of the molecule is O=C(O)c1csc(S(=O)(=O)N(CCCO)C2CCC2)c1. The van der Waals surface area contributed by atoms with E-state index in [0.717, 1.165) is 30.6 Å². The van der Waals surface area contributed by atoms with E-state index in [0.29, 0.717) is 6.42 Å². The first-order valence-electron chi connectivity index (χ1n) is 6.41. The number of sulfonamides is 1. The minimum absolute atomic E-state index is 0.00991. The maximum atomic E-state index is 12.6. The Balaban J connectivity index is 2.26. The van der Waals surface area contributed by atoms with E-state index in [1.165, 1.54) is 15.8 Å². The number of hydrogen-bond donors (Lipinski definition) is 2. The molecule has 1 heterocycles. The fourth-order valence-corrected chi connectivity index (χ4v) is 5.08. The molecular formula is C12H17NO5S2. The van der Waals surface area contributed by atoms with E-state index < -0.39 is 16.0 Å². The molecule has 1 aliphatic carbocycles. The zero-order valence-electron chi connectivity index (χ0n) is 10.9. The number of carbonyl (C=O) groups is 1. The summed E-state index contributed by atoms with van der Waals surface area (Å²) in [6.45, 7) is 0.202. The lowest BCUT2D eigenvalue weighted by Gasteiger charge is -2.36. The molecule has 20 heavy (non-hydrogen) atoms. The van der Waals surface area contributed by atoms with Gasteiger partial charge in [-0.2, -0.15) is 4.31 Å². The fourth-order valence-electron chi connectivity index (χ4n) is 2.08. The topological polar surface area (TPSA) is 94.9 Å². The van der Waals surface area contributed by atoms with Crippen LogP contribution in [0, 0.1) is 0 Å². The van der Waals surface area contributed by atoms with Gasteiger partial charge in [0.25, 0.3) is 10.0 Å². The van der Waals surface area contributed by atoms with Crippen molar-refractivity contribution in [2.45, 2.75) is 35.9 Å². The van der Waals surface area contributed by atoms with Crippen molar-refractivity contribution >= 4 is 27.3 Å². The number of thiophene rings is 1. The molecule has 1 saturated carbocycles. The molecule has 0 radical (unpaired) electrons. The molecule has 2 N–H and O–H groups in total. The van der Waals surface area contributed by atoms with Gasteiger partial charge in [0.1, 0.15) is 4.21 Å². The van der Waals surface area contributed by atoms with Crippen molar-refractivity contribution in [2.75, 3.05) is 13.2 Å². The van der Waals surface area contributed by atoms with Crippen LogP contribution in [0.1, 0.15) is 36.0 Å². The highest BCUT2D eigenvalue weighted by atomic mass is 32.2. The standard InChI is InChI=1S/C12H17NO5S2/c14-6-2-5-13(10-3-1-4-10)20(17,18)11-7-9(8-19-11)12(15)16/h7-8,10,14H,1-6H2,(H,15,16). The molecular weight excluding hydrogens is 302 g/mol. The van der Waals surface area contributed by atoms with E-state index in [1.54, 1.807) is 0 Å². The first-order valence-corrected chi connectivity index (χ1v) is 8.73. The van der Waals surface area contributed by atoms with Crippen LogP contribution in [0.5, 0.6) is 0 Å². The molecule has 0 atom stereocenters. The molecule has 0 unspecified atom stereocenters. The summed E-state index contributed by atoms with van der Waals surface area (Å²) < 4.78 is 26.6. The number of carboxylic acids is 1. The summed E-state index contributed by atoms with van der Waals surface area (Å²) in [6.07, 6.45) is 3.02. The quantitative estimate of drug-likeness (QED) is 0.791. The maximum absolute atomic E-state index is 12.6. The summed E-state index contributed by atoms with van der Waals surface area (Å²) in [5.74, 6) is -1.13. The van der Waals surface area contributed by atoms with E-state index in [-0.39, 0.29) is 29.0 Å². The normalized spacial score (nSPS) is 16.3. The van der Waals surface area contributed by atoms with Gasteiger partial charge in [-0.1, -0.05) is 6.42 Å². The van der Waals surface area contributed by atoms with Crippen molar-refractivity contribution in [1.29, 1.82) is 0 Å². The van der Waals surface area contributed by atoms with Crippen molar-refractivity contribution in [1.82, 2.24) is 4.31 Å². The average molecular weight is 319 g/mol. The Morgan fingerprint density at radius 2 is 2.15 bits per heavy atom. The second kappa shape index (κ2) is 6.21. The molecule has 2 rings (SSSR count). The van der Waals surface area contributed by atoms with E-state index in [2.05, 4.69) is 0 Å². The molecule has 1 aromatic heterocycles. The van der Waals surface area contributed by atoms with E-state index >= 15 is 0 Å². The lowest BCUT2D eigenvalue weighted by Crippen LogP contribution is -2.44. The second-order valence-electron chi connectivity index (χ2n) is 4.74. The van der Waals surface area contributed by atoms with E-state index in [4.69, 9.17) is 10.2 Å². The van der Waals surface area contributed by atoms with Crippen LogP contribution in [0.25, 0.3) is 0 Å². The average Bonchev–Trinajstić information content (AvgIpc) is 2.81. The highest BCUT2D eigenvalue weighted by Crippen LogP contribution is 2.32. The first kappa shape index (κ1) is 15.4. The Morgan fingerprint density at radius 3 is 2.60 bits per heavy atom. The molecule has 0 spiro atoms. The number of aromatic carboxylic acids is 1. The number of aliphatic hydroxyl groups is 1. The Morgan fingerprint density at radius 1 is 1.45 bits per heavy atom. The summed E-state index contributed by atoms with van der Waals surface area (Å²) in [6, 6.07) is 1.18. The molecule has 112 valence electrons. The van der Waals surface area contributed by atoms with Gasteiger partial charge >= 0.3 is 5.97 Å². The molecule has 0 amide bonds. The highest BCUT2D eigenvalue weighted by Gasteiger charge is 2.35. The predicted molar refractivity (Wildman–Crippen MR) is 74.5 cm³/mol. The van der Waals surface area contributed by atoms with Crippen molar-refractivity contribution < 1.29 is 23.4 Å². The number of nitrogens with zero attached hydrogens (tertiary/aromatic N) is 1. The van der Waals surface area contributed by atoms with Gasteiger partial charge in [-0.05, 0) is 25.3 Å². The summed E-state index contributed by atoms with van der Waals surface area (Å²) in [5, 5.41) is 19.1. The monoisotopic (exact) mass is 319 g/mol. The lowest BCUT2D eigenvalue weighted by molar-refractivity contribution is 0.0697. The first-order chi connectivity index (χ1) is 9.46. The van der Waals surface area contributed by atoms with Gasteiger partial charge in [-0.3, -0.25) is 0 Å². The molecule has 6 nitrogen and oxygen atoms in total. The zero-order valence-corrected chi connectivity index (χ0v) is 12.5. The number of aliphatic hydroxyl groups excluding tert-OH is 1. The van der Waals surface area contributed by atoms with Crippen molar-refractivity contribution in [3.63, 3.8) is 0 Å². The molecule has 0 bridgehead atoms. The Labute approximate surface area is 121 Å². The molecule has 0 saturated heterocycles. The summed E-state index contributed by atoms with van der Waals surface area (Å²) in [5.41, 5.74) is -0.00991. The Kier molecular flexibility index (Phi) is 4.79. The Bertz CT molecular complexity index is 576. The highest BCUT2D eigenvalue weighted by molar-refractivity contribution is 7.91. The molecule has 0 aromatic carbocycles. The number of carboxylic acid groups (broad SMARTS) is 1. The minimum atomic E-state index is -3.67. The van der Waals surface area contributed by atoms with Crippen LogP contribution in [0.2, 0.25) is 0 Å². The molecule has 8 heteroatoms. The fraction of sp³-hybridized carbons (Fsp3) is 0.583. The van der Waals surface area contributed by atoms with Crippen LogP contribution in [0.4, 0.5) is 0 Å². The predicted octanol–water partition coefficient (Wildman–Crippen LogP) is 1.37. The zero-order chi connectivity index (χ0) is 14.8. The van der Waals surface area contributed by atoms with Crippen LogP contribution < -0.4 is 0 Å². The van der Waals surface area contributed by atoms with Gasteiger partial charge in [0, 0.05) is 24.6 Å². The van der Waals surface area contributed by atoms with Gasteiger partial charge < -0.3 is 10.2 Å². The minimum Gasteiger partial charge on any atom is -0.478 e. The molecule has 1 aliphatic rings. The number of rotatable bonds is 7. The van der Waals surface area contributed by atoms with Crippen LogP contribution in [-0.2, 0) is 10.0 Å². The van der Waals surface area contributed by atoms with E-state index in [9.17, 15) is 13.2 Å². The third kappa shape index (κ3) is 3.03. The summed E-state index contributed by atoms with van der Waals surface area (Å²) in [4.78, 5) is 10.8. The maximum Gasteiger partial charge on any atom is 0.336 e. The van der Waals surface area contributed by atoms with Crippen LogP contribution in [0.15, 0.2) is 15.7 Å². The van der Waals surface area contributed by atoms with Gasteiger partial charge in [0.05, 0.1) is 5.56 Å². The lowest BCUT2D eigenvalue weighted by atomic mass is 9.93. The molecule has 1 fully saturated rings. The summed E-state index contributed by atoms with van der Waals surface area (Å²) >= 11 is 0.926.